The van der Waals surface area contributed by atoms with Crippen LogP contribution in [0.25, 0.3) is 17.2 Å². The number of hydrogen-bond donors (Lipinski definition) is 0. The van der Waals surface area contributed by atoms with Gasteiger partial charge in [0, 0.05) is 17.2 Å². The Bertz CT molecular complexity index is 1060. The summed E-state index contributed by atoms with van der Waals surface area (Å²) in [4.78, 5) is 16.7. The van der Waals surface area contributed by atoms with Crippen molar-refractivity contribution < 1.29 is 18.7 Å². The number of hydrogen-bond acceptors (Lipinski definition) is 4. The third-order valence-corrected chi connectivity index (χ3v) is 8.67. The second-order valence-electron chi connectivity index (χ2n) is 11.1. The molecule has 0 N–H and O–H groups in total. The molecule has 0 aliphatic heterocycles. The number of rotatable bonds is 5. The number of nitrogens with zero attached hydrogens (tertiary/aromatic N) is 1. The van der Waals surface area contributed by atoms with Crippen LogP contribution in [0.15, 0.2) is 48.7 Å². The Morgan fingerprint density at radius 2 is 1.94 bits per heavy atom. The number of carbonyl (C=O) groups is 1. The molecular weight excluding hydrogens is 441 g/mol. The molecule has 5 atom stereocenters. The first kappa shape index (κ1) is 25.4. The number of carbonyl (C=O) groups excluding carboxylic acids is 1. The molecular formula is C30H38FNO3. The SMILES string of the molecule is CCOC(=O)O[C@@H]1CC[C@@]2(C)[C@H](/C=C/c3ccc(-c4cccc(F)c4)cn3)[C@@H](C)CC[C@@H]2C1(C)C. The summed E-state index contributed by atoms with van der Waals surface area (Å²) in [5.41, 5.74) is 2.63. The van der Waals surface area contributed by atoms with Gasteiger partial charge in [0.2, 0.25) is 0 Å². The number of halogens is 1. The Morgan fingerprint density at radius 3 is 2.63 bits per heavy atom. The van der Waals surface area contributed by atoms with E-state index in [1.54, 1.807) is 13.0 Å². The minimum absolute atomic E-state index is 0.119. The van der Waals surface area contributed by atoms with E-state index in [-0.39, 0.29) is 22.8 Å². The zero-order valence-electron chi connectivity index (χ0n) is 21.6. The molecule has 1 aromatic carbocycles. The fourth-order valence-corrected chi connectivity index (χ4v) is 6.86. The van der Waals surface area contributed by atoms with Gasteiger partial charge in [-0.05, 0) is 85.6 Å². The molecule has 2 aromatic rings. The van der Waals surface area contributed by atoms with Gasteiger partial charge in [-0.1, -0.05) is 52.0 Å². The van der Waals surface area contributed by atoms with Crippen molar-refractivity contribution >= 4 is 12.2 Å². The lowest BCUT2D eigenvalue weighted by molar-refractivity contribution is -0.146. The van der Waals surface area contributed by atoms with Crippen LogP contribution in [0.2, 0.25) is 0 Å². The molecule has 1 heterocycles. The highest BCUT2D eigenvalue weighted by molar-refractivity contribution is 5.63. The van der Waals surface area contributed by atoms with Crippen LogP contribution in [0.3, 0.4) is 0 Å². The van der Waals surface area contributed by atoms with Crippen LogP contribution in [-0.2, 0) is 9.47 Å². The van der Waals surface area contributed by atoms with Gasteiger partial charge in [0.25, 0.3) is 0 Å². The van der Waals surface area contributed by atoms with Crippen LogP contribution < -0.4 is 0 Å². The third-order valence-electron chi connectivity index (χ3n) is 8.67. The molecule has 2 aliphatic rings. The highest BCUT2D eigenvalue weighted by Gasteiger charge is 2.57. The van der Waals surface area contributed by atoms with Crippen LogP contribution in [0.4, 0.5) is 9.18 Å². The Balaban J connectivity index is 1.52. The molecule has 5 heteroatoms. The molecule has 1 aromatic heterocycles. The predicted octanol–water partition coefficient (Wildman–Crippen LogP) is 7.93. The number of fused-ring (bicyclic) bond motifs is 1. The summed E-state index contributed by atoms with van der Waals surface area (Å²) >= 11 is 0. The van der Waals surface area contributed by atoms with E-state index in [0.717, 1.165) is 42.5 Å². The minimum atomic E-state index is -0.553. The molecule has 2 aliphatic carbocycles. The summed E-state index contributed by atoms with van der Waals surface area (Å²) < 4.78 is 24.4. The van der Waals surface area contributed by atoms with Crippen LogP contribution >= 0.6 is 0 Å². The Hall–Kier alpha value is -2.69. The van der Waals surface area contributed by atoms with Gasteiger partial charge in [0.05, 0.1) is 12.3 Å². The molecule has 2 saturated carbocycles. The Morgan fingerprint density at radius 1 is 1.14 bits per heavy atom. The monoisotopic (exact) mass is 479 g/mol. The van der Waals surface area contributed by atoms with Gasteiger partial charge in [-0.25, -0.2) is 9.18 Å². The zero-order chi connectivity index (χ0) is 25.2. The molecule has 4 rings (SSSR count). The number of pyridine rings is 1. The maximum absolute atomic E-state index is 13.6. The molecule has 0 spiro atoms. The van der Waals surface area contributed by atoms with Gasteiger partial charge >= 0.3 is 6.16 Å². The fourth-order valence-electron chi connectivity index (χ4n) is 6.86. The van der Waals surface area contributed by atoms with E-state index in [0.29, 0.717) is 24.4 Å². The van der Waals surface area contributed by atoms with Gasteiger partial charge in [0.15, 0.2) is 0 Å². The van der Waals surface area contributed by atoms with Crippen molar-refractivity contribution in [2.24, 2.45) is 28.6 Å². The van der Waals surface area contributed by atoms with E-state index in [4.69, 9.17) is 9.47 Å². The van der Waals surface area contributed by atoms with E-state index < -0.39 is 6.16 Å². The molecule has 4 nitrogen and oxygen atoms in total. The van der Waals surface area contributed by atoms with Crippen LogP contribution in [0.5, 0.6) is 0 Å². The summed E-state index contributed by atoms with van der Waals surface area (Å²) in [6.07, 6.45) is 9.76. The minimum Gasteiger partial charge on any atom is -0.435 e. The first-order chi connectivity index (χ1) is 16.6. The van der Waals surface area contributed by atoms with Crippen molar-refractivity contribution in [1.82, 2.24) is 4.98 Å². The van der Waals surface area contributed by atoms with Crippen molar-refractivity contribution in [2.75, 3.05) is 6.61 Å². The first-order valence-electron chi connectivity index (χ1n) is 12.9. The van der Waals surface area contributed by atoms with E-state index in [2.05, 4.69) is 44.8 Å². The maximum atomic E-state index is 13.6. The molecule has 35 heavy (non-hydrogen) atoms. The molecule has 0 bridgehead atoms. The Labute approximate surface area is 208 Å². The van der Waals surface area contributed by atoms with E-state index in [9.17, 15) is 9.18 Å². The number of benzene rings is 1. The smallest absolute Gasteiger partial charge is 0.435 e. The lowest BCUT2D eigenvalue weighted by atomic mass is 9.46. The van der Waals surface area contributed by atoms with Crippen LogP contribution in [0, 0.1) is 34.4 Å². The van der Waals surface area contributed by atoms with Crippen molar-refractivity contribution in [1.29, 1.82) is 0 Å². The summed E-state index contributed by atoms with van der Waals surface area (Å²) in [7, 11) is 0. The normalized spacial score (nSPS) is 30.0. The fraction of sp³-hybridized carbons (Fsp3) is 0.533. The van der Waals surface area contributed by atoms with Gasteiger partial charge in [-0.3, -0.25) is 4.98 Å². The second-order valence-corrected chi connectivity index (χ2v) is 11.1. The number of aromatic nitrogens is 1. The number of allylic oxidation sites excluding steroid dienone is 1. The standard InChI is InChI=1S/C30H38FNO3/c1-6-34-28(33)35-27-16-17-30(5)25(20(2)10-15-26(30)29(27,3)4)14-13-24-12-11-22(19-32-24)21-8-7-9-23(31)18-21/h7-9,11-14,18-20,25-27H,6,10,15-17H2,1-5H3/b14-13+/t20-,25+,26+,27+,30-/m0/s1. The predicted molar refractivity (Wildman–Crippen MR) is 137 cm³/mol. The van der Waals surface area contributed by atoms with Gasteiger partial charge in [-0.15, -0.1) is 0 Å². The highest BCUT2D eigenvalue weighted by Crippen LogP contribution is 2.62. The molecule has 188 valence electrons. The zero-order valence-corrected chi connectivity index (χ0v) is 21.6. The lowest BCUT2D eigenvalue weighted by Gasteiger charge is -2.60. The van der Waals surface area contributed by atoms with Gasteiger partial charge in [0.1, 0.15) is 11.9 Å². The lowest BCUT2D eigenvalue weighted by Crippen LogP contribution is -2.56. The van der Waals surface area contributed by atoms with Crippen LogP contribution in [-0.4, -0.2) is 23.9 Å². The van der Waals surface area contributed by atoms with Crippen molar-refractivity contribution in [2.45, 2.75) is 66.4 Å². The molecule has 0 unspecified atom stereocenters. The first-order valence-corrected chi connectivity index (χ1v) is 12.9. The van der Waals surface area contributed by atoms with E-state index >= 15 is 0 Å². The molecule has 0 saturated heterocycles. The van der Waals surface area contributed by atoms with Crippen molar-refractivity contribution in [3.63, 3.8) is 0 Å². The second kappa shape index (κ2) is 10.1. The average Bonchev–Trinajstić information content (AvgIpc) is 2.81. The van der Waals surface area contributed by atoms with Crippen molar-refractivity contribution in [3.05, 3.63) is 60.2 Å². The summed E-state index contributed by atoms with van der Waals surface area (Å²) in [5, 5.41) is 0. The third kappa shape index (κ3) is 5.14. The molecule has 0 amide bonds. The van der Waals surface area contributed by atoms with Gasteiger partial charge < -0.3 is 9.47 Å². The molecule has 2 fully saturated rings. The summed E-state index contributed by atoms with van der Waals surface area (Å²) in [6.45, 7) is 11.4. The summed E-state index contributed by atoms with van der Waals surface area (Å²) in [6, 6.07) is 10.6. The number of ether oxygens (including phenoxy) is 2. The average molecular weight is 480 g/mol. The van der Waals surface area contributed by atoms with E-state index in [1.165, 1.54) is 12.1 Å². The summed E-state index contributed by atoms with van der Waals surface area (Å²) in [5.74, 6) is 1.18. The topological polar surface area (TPSA) is 48.4 Å². The highest BCUT2D eigenvalue weighted by atomic mass is 19.1. The van der Waals surface area contributed by atoms with Crippen LogP contribution in [0.1, 0.15) is 66.0 Å². The van der Waals surface area contributed by atoms with Gasteiger partial charge in [-0.2, -0.15) is 0 Å². The Kier molecular flexibility index (Phi) is 7.35. The van der Waals surface area contributed by atoms with E-state index in [1.807, 2.05) is 24.4 Å². The maximum Gasteiger partial charge on any atom is 0.508 e. The molecule has 0 radical (unpaired) electrons. The van der Waals surface area contributed by atoms with Crippen molar-refractivity contribution in [3.8, 4) is 11.1 Å². The largest absolute Gasteiger partial charge is 0.508 e. The quantitative estimate of drug-likeness (QED) is 0.409.